The Morgan fingerprint density at radius 3 is 2.64 bits per heavy atom. The van der Waals surface area contributed by atoms with Gasteiger partial charge in [0.15, 0.2) is 0 Å². The highest BCUT2D eigenvalue weighted by Crippen LogP contribution is 2.42. The molecule has 0 radical (unpaired) electrons. The van der Waals surface area contributed by atoms with E-state index in [2.05, 4.69) is 10.1 Å². The van der Waals surface area contributed by atoms with Gasteiger partial charge in [-0.2, -0.15) is 5.10 Å². The maximum Gasteiger partial charge on any atom is 0.132 e. The molecule has 0 amide bonds. The number of fused-ring (bicyclic) bond motifs is 1. The van der Waals surface area contributed by atoms with Crippen LogP contribution < -0.4 is 4.74 Å². The summed E-state index contributed by atoms with van der Waals surface area (Å²) in [6.07, 6.45) is 4.36. The Balaban J connectivity index is 1.87. The zero-order valence-corrected chi connectivity index (χ0v) is 14.7. The molecule has 0 spiro atoms. The van der Waals surface area contributed by atoms with Gasteiger partial charge in [-0.05, 0) is 43.7 Å². The maximum atomic E-state index is 11.0. The molecule has 2 atom stereocenters. The molecule has 3 heterocycles. The van der Waals surface area contributed by atoms with Crippen molar-refractivity contribution in [1.29, 1.82) is 0 Å². The normalized spacial score (nSPS) is 21.4. The highest BCUT2D eigenvalue weighted by atomic mass is 35.5. The Morgan fingerprint density at radius 1 is 1.12 bits per heavy atom. The lowest BCUT2D eigenvalue weighted by Crippen LogP contribution is -2.50. The molecule has 0 fully saturated rings. The SMILES string of the molecule is CC1(C)Oc2ccncc2C(n2nccc2-c2ccc(Cl)cc2)C1O. The molecule has 1 aromatic carbocycles. The average Bonchev–Trinajstić information content (AvgIpc) is 3.05. The molecular weight excluding hydrogens is 338 g/mol. The minimum atomic E-state index is -0.782. The van der Waals surface area contributed by atoms with Crippen LogP contribution in [0.15, 0.2) is 55.0 Å². The molecule has 3 aromatic rings. The van der Waals surface area contributed by atoms with Gasteiger partial charge in [-0.3, -0.25) is 9.67 Å². The van der Waals surface area contributed by atoms with E-state index >= 15 is 0 Å². The number of halogens is 1. The number of aliphatic hydroxyl groups is 1. The summed E-state index contributed by atoms with van der Waals surface area (Å²) in [5.41, 5.74) is 1.94. The van der Waals surface area contributed by atoms with E-state index in [1.807, 2.05) is 54.9 Å². The van der Waals surface area contributed by atoms with Crippen molar-refractivity contribution < 1.29 is 9.84 Å². The fourth-order valence-electron chi connectivity index (χ4n) is 3.25. The third-order valence-electron chi connectivity index (χ3n) is 4.59. The standard InChI is InChI=1S/C19H18ClN3O2/c1-19(2)18(24)17(14-11-21-9-8-16(14)25-19)23-15(7-10-22-23)12-3-5-13(20)6-4-12/h3-11,17-18,24H,1-2H3. The Morgan fingerprint density at radius 2 is 1.88 bits per heavy atom. The number of hydrogen-bond donors (Lipinski definition) is 1. The fraction of sp³-hybridized carbons (Fsp3) is 0.263. The molecule has 1 aliphatic heterocycles. The number of hydrogen-bond acceptors (Lipinski definition) is 4. The molecule has 2 unspecified atom stereocenters. The van der Waals surface area contributed by atoms with Gasteiger partial charge < -0.3 is 9.84 Å². The van der Waals surface area contributed by atoms with Crippen LogP contribution in [0.25, 0.3) is 11.3 Å². The van der Waals surface area contributed by atoms with Crippen LogP contribution in [0, 0.1) is 0 Å². The van der Waals surface area contributed by atoms with Crippen molar-refractivity contribution in [2.75, 3.05) is 0 Å². The molecule has 25 heavy (non-hydrogen) atoms. The summed E-state index contributed by atoms with van der Waals surface area (Å²) in [5.74, 6) is 0.716. The quantitative estimate of drug-likeness (QED) is 0.761. The van der Waals surface area contributed by atoms with Crippen LogP contribution >= 0.6 is 11.6 Å². The van der Waals surface area contributed by atoms with Crippen molar-refractivity contribution in [3.63, 3.8) is 0 Å². The van der Waals surface area contributed by atoms with Crippen LogP contribution in [0.3, 0.4) is 0 Å². The summed E-state index contributed by atoms with van der Waals surface area (Å²) in [6, 6.07) is 10.9. The monoisotopic (exact) mass is 355 g/mol. The lowest BCUT2D eigenvalue weighted by molar-refractivity contribution is -0.0656. The first-order valence-electron chi connectivity index (χ1n) is 8.08. The molecule has 0 aliphatic carbocycles. The molecule has 4 rings (SSSR count). The van der Waals surface area contributed by atoms with Gasteiger partial charge in [0.05, 0.1) is 5.69 Å². The first-order chi connectivity index (χ1) is 12.0. The summed E-state index contributed by atoms with van der Waals surface area (Å²) >= 11 is 6.00. The van der Waals surface area contributed by atoms with Crippen LogP contribution in [0.2, 0.25) is 5.02 Å². The highest BCUT2D eigenvalue weighted by molar-refractivity contribution is 6.30. The summed E-state index contributed by atoms with van der Waals surface area (Å²) in [6.45, 7) is 3.75. The predicted octanol–water partition coefficient (Wildman–Crippen LogP) is 3.72. The summed E-state index contributed by atoms with van der Waals surface area (Å²) in [7, 11) is 0. The lowest BCUT2D eigenvalue weighted by atomic mass is 9.87. The van der Waals surface area contributed by atoms with Gasteiger partial charge in [0.25, 0.3) is 0 Å². The molecule has 0 bridgehead atoms. The predicted molar refractivity (Wildman–Crippen MR) is 95.8 cm³/mol. The van der Waals surface area contributed by atoms with Crippen LogP contribution in [-0.2, 0) is 0 Å². The van der Waals surface area contributed by atoms with E-state index in [4.69, 9.17) is 16.3 Å². The second-order valence-corrected chi connectivity index (χ2v) is 7.11. The van der Waals surface area contributed by atoms with Gasteiger partial charge in [0.1, 0.15) is 23.5 Å². The van der Waals surface area contributed by atoms with Gasteiger partial charge >= 0.3 is 0 Å². The van der Waals surface area contributed by atoms with Crippen molar-refractivity contribution in [3.05, 3.63) is 65.6 Å². The first-order valence-corrected chi connectivity index (χ1v) is 8.45. The summed E-state index contributed by atoms with van der Waals surface area (Å²) in [5, 5.41) is 16.2. The molecule has 5 nitrogen and oxygen atoms in total. The second kappa shape index (κ2) is 5.86. The first kappa shape index (κ1) is 16.1. The molecule has 1 N–H and O–H groups in total. The van der Waals surface area contributed by atoms with Crippen LogP contribution in [0.4, 0.5) is 0 Å². The number of pyridine rings is 1. The van der Waals surface area contributed by atoms with E-state index in [1.165, 1.54) is 0 Å². The summed E-state index contributed by atoms with van der Waals surface area (Å²) < 4.78 is 7.80. The number of benzene rings is 1. The average molecular weight is 356 g/mol. The van der Waals surface area contributed by atoms with Crippen molar-refractivity contribution in [2.24, 2.45) is 0 Å². The van der Waals surface area contributed by atoms with Gasteiger partial charge in [0.2, 0.25) is 0 Å². The fourth-order valence-corrected chi connectivity index (χ4v) is 3.38. The van der Waals surface area contributed by atoms with E-state index in [9.17, 15) is 5.11 Å². The van der Waals surface area contributed by atoms with Crippen LogP contribution in [0.1, 0.15) is 25.5 Å². The molecule has 0 saturated heterocycles. The minimum absolute atomic E-state index is 0.395. The number of rotatable bonds is 2. The Kier molecular flexibility index (Phi) is 3.78. The van der Waals surface area contributed by atoms with Crippen molar-refractivity contribution >= 4 is 11.6 Å². The number of aromatic nitrogens is 3. The highest BCUT2D eigenvalue weighted by Gasteiger charge is 2.44. The Bertz CT molecular complexity index is 905. The Hall–Kier alpha value is -2.37. The second-order valence-electron chi connectivity index (χ2n) is 6.68. The van der Waals surface area contributed by atoms with E-state index < -0.39 is 17.7 Å². The topological polar surface area (TPSA) is 60.2 Å². The third-order valence-corrected chi connectivity index (χ3v) is 4.84. The molecule has 2 aromatic heterocycles. The zero-order valence-electron chi connectivity index (χ0n) is 13.9. The van der Waals surface area contributed by atoms with E-state index in [1.54, 1.807) is 18.6 Å². The molecular formula is C19H18ClN3O2. The minimum Gasteiger partial charge on any atom is -0.485 e. The van der Waals surface area contributed by atoms with Gasteiger partial charge in [0, 0.05) is 29.2 Å². The molecule has 0 saturated carbocycles. The molecule has 1 aliphatic rings. The number of nitrogens with zero attached hydrogens (tertiary/aromatic N) is 3. The van der Waals surface area contributed by atoms with Crippen molar-refractivity contribution in [1.82, 2.24) is 14.8 Å². The Labute approximate surface area is 150 Å². The molecule has 6 heteroatoms. The van der Waals surface area contributed by atoms with Gasteiger partial charge in [-0.1, -0.05) is 23.7 Å². The van der Waals surface area contributed by atoms with E-state index in [-0.39, 0.29) is 0 Å². The van der Waals surface area contributed by atoms with Crippen LogP contribution in [0.5, 0.6) is 5.75 Å². The maximum absolute atomic E-state index is 11.0. The summed E-state index contributed by atoms with van der Waals surface area (Å²) in [4.78, 5) is 4.20. The lowest BCUT2D eigenvalue weighted by Gasteiger charge is -2.42. The van der Waals surface area contributed by atoms with Crippen molar-refractivity contribution in [2.45, 2.75) is 31.6 Å². The van der Waals surface area contributed by atoms with Crippen LogP contribution in [-0.4, -0.2) is 31.6 Å². The smallest absolute Gasteiger partial charge is 0.132 e. The number of ether oxygens (including phenoxy) is 1. The number of aliphatic hydroxyl groups excluding tert-OH is 1. The van der Waals surface area contributed by atoms with E-state index in [0.717, 1.165) is 16.8 Å². The van der Waals surface area contributed by atoms with Gasteiger partial charge in [-0.15, -0.1) is 0 Å². The van der Waals surface area contributed by atoms with Crippen molar-refractivity contribution in [3.8, 4) is 17.0 Å². The zero-order chi connectivity index (χ0) is 17.6. The van der Waals surface area contributed by atoms with E-state index in [0.29, 0.717) is 10.8 Å². The largest absolute Gasteiger partial charge is 0.485 e. The molecule has 128 valence electrons. The third kappa shape index (κ3) is 2.69. The van der Waals surface area contributed by atoms with Gasteiger partial charge in [-0.25, -0.2) is 0 Å².